The molecule has 2 nitrogen and oxygen atoms in total. The highest BCUT2D eigenvalue weighted by atomic mass is 16.5. The van der Waals surface area contributed by atoms with Crippen molar-refractivity contribution in [3.05, 3.63) is 59.7 Å². The Kier molecular flexibility index (Phi) is 3.89. The molecule has 0 radical (unpaired) electrons. The van der Waals surface area contributed by atoms with Gasteiger partial charge in [0.25, 0.3) is 0 Å². The van der Waals surface area contributed by atoms with Crippen LogP contribution in [0.25, 0.3) is 21.9 Å². The maximum atomic E-state index is 10.9. The molecule has 2 aliphatic carbocycles. The largest absolute Gasteiger partial charge is 0.507 e. The van der Waals surface area contributed by atoms with E-state index in [-0.39, 0.29) is 5.41 Å². The number of benzene rings is 3. The van der Waals surface area contributed by atoms with Gasteiger partial charge in [0, 0.05) is 10.8 Å². The Bertz CT molecular complexity index is 1010. The number of aromatic hydroxyl groups is 1. The summed E-state index contributed by atoms with van der Waals surface area (Å²) in [5.41, 5.74) is 5.52. The van der Waals surface area contributed by atoms with Gasteiger partial charge >= 0.3 is 0 Å². The topological polar surface area (TPSA) is 29.5 Å². The zero-order chi connectivity index (χ0) is 18.4. The van der Waals surface area contributed by atoms with Gasteiger partial charge in [0.05, 0.1) is 7.11 Å². The first kappa shape index (κ1) is 16.7. The van der Waals surface area contributed by atoms with Crippen molar-refractivity contribution in [1.82, 2.24) is 0 Å². The van der Waals surface area contributed by atoms with E-state index in [9.17, 15) is 5.11 Å². The lowest BCUT2D eigenvalue weighted by atomic mass is 9.69. The van der Waals surface area contributed by atoms with Crippen LogP contribution in [0.5, 0.6) is 11.5 Å². The van der Waals surface area contributed by atoms with E-state index in [0.717, 1.165) is 16.5 Å². The molecule has 1 saturated carbocycles. The number of fused-ring (bicyclic) bond motifs is 7. The molecule has 0 aliphatic heterocycles. The summed E-state index contributed by atoms with van der Waals surface area (Å²) >= 11 is 0. The van der Waals surface area contributed by atoms with Crippen LogP contribution in [0, 0.1) is 0 Å². The van der Waals surface area contributed by atoms with E-state index < -0.39 is 0 Å². The van der Waals surface area contributed by atoms with Crippen molar-refractivity contribution in [3.63, 3.8) is 0 Å². The van der Waals surface area contributed by atoms with Crippen molar-refractivity contribution in [1.29, 1.82) is 0 Å². The van der Waals surface area contributed by atoms with E-state index >= 15 is 0 Å². The van der Waals surface area contributed by atoms with Crippen LogP contribution in [0.15, 0.2) is 48.5 Å². The number of phenolic OH excluding ortho intramolecular Hbond substituents is 1. The minimum absolute atomic E-state index is 0.0535. The Labute approximate surface area is 160 Å². The molecule has 0 unspecified atom stereocenters. The van der Waals surface area contributed by atoms with Crippen LogP contribution in [-0.4, -0.2) is 12.2 Å². The van der Waals surface area contributed by atoms with Gasteiger partial charge in [0.2, 0.25) is 0 Å². The Balaban J connectivity index is 1.84. The average Bonchev–Trinajstić information content (AvgIpc) is 2.95. The van der Waals surface area contributed by atoms with E-state index in [4.69, 9.17) is 4.74 Å². The first-order chi connectivity index (χ1) is 13.2. The molecule has 27 heavy (non-hydrogen) atoms. The Hall–Kier alpha value is -2.48. The van der Waals surface area contributed by atoms with Crippen molar-refractivity contribution in [2.24, 2.45) is 0 Å². The van der Waals surface area contributed by atoms with Gasteiger partial charge in [0.1, 0.15) is 11.5 Å². The third-order valence-corrected chi connectivity index (χ3v) is 6.76. The van der Waals surface area contributed by atoms with E-state index in [1.54, 1.807) is 7.11 Å². The summed E-state index contributed by atoms with van der Waals surface area (Å²) in [6.45, 7) is 0. The Morgan fingerprint density at radius 1 is 0.815 bits per heavy atom. The standard InChI is InChI=1S/C25H26O2/c1-27-17-11-12-18-20(15-17)23(26)16-22-24(18)19-9-5-6-10-21(19)25(22)13-7-3-2-4-8-14-25/h5-6,9-12,15-16,26H,2-4,7-8,13-14H2,1H3. The maximum absolute atomic E-state index is 10.9. The highest BCUT2D eigenvalue weighted by Crippen LogP contribution is 2.57. The van der Waals surface area contributed by atoms with Crippen LogP contribution in [-0.2, 0) is 5.41 Å². The predicted molar refractivity (Wildman–Crippen MR) is 111 cm³/mol. The number of hydrogen-bond donors (Lipinski definition) is 1. The van der Waals surface area contributed by atoms with Crippen molar-refractivity contribution >= 4 is 10.8 Å². The van der Waals surface area contributed by atoms with Crippen molar-refractivity contribution in [2.45, 2.75) is 50.4 Å². The summed E-state index contributed by atoms with van der Waals surface area (Å²) in [4.78, 5) is 0. The van der Waals surface area contributed by atoms with Crippen LogP contribution in [0.2, 0.25) is 0 Å². The summed E-state index contributed by atoms with van der Waals surface area (Å²) in [5.74, 6) is 1.15. The minimum atomic E-state index is 0.0535. The fourth-order valence-corrected chi connectivity index (χ4v) is 5.49. The van der Waals surface area contributed by atoms with Gasteiger partial charge in [-0.2, -0.15) is 0 Å². The average molecular weight is 358 g/mol. The Morgan fingerprint density at radius 2 is 1.56 bits per heavy atom. The predicted octanol–water partition coefficient (Wildman–Crippen LogP) is 6.56. The third-order valence-electron chi connectivity index (χ3n) is 6.76. The first-order valence-electron chi connectivity index (χ1n) is 10.2. The van der Waals surface area contributed by atoms with Crippen molar-refractivity contribution in [3.8, 4) is 22.6 Å². The van der Waals surface area contributed by atoms with Gasteiger partial charge in [-0.25, -0.2) is 0 Å². The monoisotopic (exact) mass is 358 g/mol. The Morgan fingerprint density at radius 3 is 2.33 bits per heavy atom. The van der Waals surface area contributed by atoms with Gasteiger partial charge in [0.15, 0.2) is 0 Å². The molecule has 1 fully saturated rings. The molecule has 1 N–H and O–H groups in total. The van der Waals surface area contributed by atoms with Gasteiger partial charge < -0.3 is 9.84 Å². The molecule has 3 aromatic rings. The molecule has 0 bridgehead atoms. The number of rotatable bonds is 1. The lowest BCUT2D eigenvalue weighted by Gasteiger charge is -2.34. The van der Waals surface area contributed by atoms with Crippen LogP contribution in [0.3, 0.4) is 0 Å². The molecule has 5 rings (SSSR count). The normalized spacial score (nSPS) is 18.0. The first-order valence-corrected chi connectivity index (χ1v) is 10.2. The summed E-state index contributed by atoms with van der Waals surface area (Å²) in [5, 5.41) is 12.9. The second kappa shape index (κ2) is 6.30. The lowest BCUT2D eigenvalue weighted by Crippen LogP contribution is -2.26. The maximum Gasteiger partial charge on any atom is 0.123 e. The number of ether oxygens (including phenoxy) is 1. The number of phenols is 1. The van der Waals surface area contributed by atoms with Gasteiger partial charge in [-0.15, -0.1) is 0 Å². The van der Waals surface area contributed by atoms with E-state index in [1.165, 1.54) is 67.2 Å². The zero-order valence-corrected chi connectivity index (χ0v) is 15.9. The van der Waals surface area contributed by atoms with Crippen LogP contribution in [0.1, 0.15) is 56.1 Å². The summed E-state index contributed by atoms with van der Waals surface area (Å²) < 4.78 is 5.40. The molecule has 1 spiro atoms. The summed E-state index contributed by atoms with van der Waals surface area (Å²) in [6, 6.07) is 17.0. The minimum Gasteiger partial charge on any atom is -0.507 e. The molecule has 0 aromatic heterocycles. The molecular weight excluding hydrogens is 332 g/mol. The van der Waals surface area contributed by atoms with E-state index in [0.29, 0.717) is 5.75 Å². The van der Waals surface area contributed by atoms with Crippen molar-refractivity contribution < 1.29 is 9.84 Å². The van der Waals surface area contributed by atoms with Crippen LogP contribution in [0.4, 0.5) is 0 Å². The SMILES string of the molecule is COc1ccc2c3c(cc(O)c2c1)C1(CCCCCCC1)c1ccccc1-3. The zero-order valence-electron chi connectivity index (χ0n) is 15.9. The van der Waals surface area contributed by atoms with Crippen molar-refractivity contribution in [2.75, 3.05) is 7.11 Å². The summed E-state index contributed by atoms with van der Waals surface area (Å²) in [7, 11) is 1.67. The van der Waals surface area contributed by atoms with Gasteiger partial charge in [-0.1, -0.05) is 56.4 Å². The van der Waals surface area contributed by atoms with E-state index in [2.05, 4.69) is 36.4 Å². The lowest BCUT2D eigenvalue weighted by molar-refractivity contribution is 0.372. The smallest absolute Gasteiger partial charge is 0.123 e. The number of methoxy groups -OCH3 is 1. The van der Waals surface area contributed by atoms with Gasteiger partial charge in [-0.05, 0) is 64.7 Å². The van der Waals surface area contributed by atoms with E-state index in [1.807, 2.05) is 12.1 Å². The molecule has 2 heteroatoms. The molecule has 3 aromatic carbocycles. The fourth-order valence-electron chi connectivity index (χ4n) is 5.49. The highest BCUT2D eigenvalue weighted by Gasteiger charge is 2.43. The number of hydrogen-bond acceptors (Lipinski definition) is 2. The molecule has 0 heterocycles. The molecule has 2 aliphatic rings. The quantitative estimate of drug-likeness (QED) is 0.533. The molecule has 138 valence electrons. The second-order valence-corrected chi connectivity index (χ2v) is 8.13. The van der Waals surface area contributed by atoms with Crippen LogP contribution < -0.4 is 4.74 Å². The molecule has 0 amide bonds. The third kappa shape index (κ3) is 2.39. The fraction of sp³-hybridized carbons (Fsp3) is 0.360. The summed E-state index contributed by atoms with van der Waals surface area (Å²) in [6.07, 6.45) is 8.86. The molecule has 0 saturated heterocycles. The molecule has 0 atom stereocenters. The molecular formula is C25H26O2. The highest BCUT2D eigenvalue weighted by molar-refractivity contribution is 6.05. The van der Waals surface area contributed by atoms with Gasteiger partial charge in [-0.3, -0.25) is 0 Å². The second-order valence-electron chi connectivity index (χ2n) is 8.13. The van der Waals surface area contributed by atoms with Crippen LogP contribution >= 0.6 is 0 Å².